The molecule has 0 radical (unpaired) electrons. The van der Waals surface area contributed by atoms with Crippen molar-refractivity contribution in [1.29, 1.82) is 0 Å². The van der Waals surface area contributed by atoms with Gasteiger partial charge in [-0.25, -0.2) is 8.78 Å². The van der Waals surface area contributed by atoms with Crippen LogP contribution in [0.15, 0.2) is 24.3 Å². The number of nitrogens with one attached hydrogen (secondary N) is 1. The molecule has 0 bridgehead atoms. The highest BCUT2D eigenvalue weighted by molar-refractivity contribution is 5.25. The third-order valence-corrected chi connectivity index (χ3v) is 3.00. The van der Waals surface area contributed by atoms with Gasteiger partial charge in [-0.05, 0) is 30.0 Å². The lowest BCUT2D eigenvalue weighted by molar-refractivity contribution is 0.00934. The van der Waals surface area contributed by atoms with E-state index in [0.717, 1.165) is 18.5 Å². The molecule has 1 N–H and O–H groups in total. The molecule has 1 atom stereocenters. The summed E-state index contributed by atoms with van der Waals surface area (Å²) in [5, 5.41) is 3.26. The summed E-state index contributed by atoms with van der Waals surface area (Å²) in [4.78, 5) is 0. The first kappa shape index (κ1) is 17.1. The zero-order valence-corrected chi connectivity index (χ0v) is 12.5. The molecule has 0 saturated carbocycles. The van der Waals surface area contributed by atoms with Crippen molar-refractivity contribution in [2.75, 3.05) is 19.8 Å². The maximum absolute atomic E-state index is 12.1. The quantitative estimate of drug-likeness (QED) is 0.745. The second-order valence-corrected chi connectivity index (χ2v) is 5.38. The molecule has 0 fully saturated rings. The van der Waals surface area contributed by atoms with Crippen molar-refractivity contribution in [1.82, 2.24) is 5.32 Å². The fourth-order valence-electron chi connectivity index (χ4n) is 2.15. The molecule has 0 amide bonds. The Morgan fingerprint density at radius 2 is 1.75 bits per heavy atom. The average molecular weight is 285 g/mol. The fraction of sp³-hybridized carbons (Fsp3) is 0.625. The number of likely N-dealkylation sites (N-methyl/N-ethyl adjacent to an activating group) is 1. The van der Waals surface area contributed by atoms with Gasteiger partial charge in [0.1, 0.15) is 6.61 Å². The maximum atomic E-state index is 12.1. The summed E-state index contributed by atoms with van der Waals surface area (Å²) in [5.41, 5.74) is 2.38. The SMILES string of the molecule is CCNC(COCC(F)F)c1ccc(CC(C)C)cc1. The van der Waals surface area contributed by atoms with Gasteiger partial charge in [-0.1, -0.05) is 45.0 Å². The number of ether oxygens (including phenoxy) is 1. The topological polar surface area (TPSA) is 21.3 Å². The Morgan fingerprint density at radius 1 is 1.10 bits per heavy atom. The van der Waals surface area contributed by atoms with Crippen molar-refractivity contribution >= 4 is 0 Å². The third kappa shape index (κ3) is 6.44. The van der Waals surface area contributed by atoms with E-state index in [2.05, 4.69) is 43.4 Å². The lowest BCUT2D eigenvalue weighted by Crippen LogP contribution is -2.26. The highest BCUT2D eigenvalue weighted by Crippen LogP contribution is 2.16. The number of rotatable bonds is 9. The molecule has 1 rings (SSSR count). The Labute approximate surface area is 120 Å². The van der Waals surface area contributed by atoms with Crippen molar-refractivity contribution in [3.63, 3.8) is 0 Å². The van der Waals surface area contributed by atoms with Crippen LogP contribution in [0, 0.1) is 5.92 Å². The van der Waals surface area contributed by atoms with E-state index >= 15 is 0 Å². The molecule has 1 aromatic carbocycles. The van der Waals surface area contributed by atoms with E-state index in [1.54, 1.807) is 0 Å². The van der Waals surface area contributed by atoms with Gasteiger partial charge in [0.25, 0.3) is 6.43 Å². The molecule has 0 aromatic heterocycles. The molecule has 0 aliphatic carbocycles. The molecule has 0 heterocycles. The van der Waals surface area contributed by atoms with Crippen LogP contribution >= 0.6 is 0 Å². The van der Waals surface area contributed by atoms with Crippen molar-refractivity contribution in [3.8, 4) is 0 Å². The lowest BCUT2D eigenvalue weighted by Gasteiger charge is -2.19. The molecular formula is C16H25F2NO. The summed E-state index contributed by atoms with van der Waals surface area (Å²) in [5.74, 6) is 0.625. The van der Waals surface area contributed by atoms with Gasteiger partial charge in [0.05, 0.1) is 12.6 Å². The predicted octanol–water partition coefficient (Wildman–Crippen LogP) is 3.82. The second kappa shape index (κ2) is 9.03. The molecule has 0 aliphatic heterocycles. The van der Waals surface area contributed by atoms with Gasteiger partial charge in [0.2, 0.25) is 0 Å². The molecule has 20 heavy (non-hydrogen) atoms. The van der Waals surface area contributed by atoms with Crippen LogP contribution in [0.2, 0.25) is 0 Å². The summed E-state index contributed by atoms with van der Waals surface area (Å²) in [6.45, 7) is 6.90. The van der Waals surface area contributed by atoms with Crippen LogP contribution in [-0.2, 0) is 11.2 Å². The summed E-state index contributed by atoms with van der Waals surface area (Å²) < 4.78 is 29.3. The second-order valence-electron chi connectivity index (χ2n) is 5.38. The van der Waals surface area contributed by atoms with Crippen LogP contribution < -0.4 is 5.32 Å². The highest BCUT2D eigenvalue weighted by atomic mass is 19.3. The minimum Gasteiger partial charge on any atom is -0.374 e. The number of alkyl halides is 2. The summed E-state index contributed by atoms with van der Waals surface area (Å²) in [6.07, 6.45) is -1.36. The summed E-state index contributed by atoms with van der Waals surface area (Å²) >= 11 is 0. The molecule has 1 aromatic rings. The molecule has 0 spiro atoms. The first-order valence-electron chi connectivity index (χ1n) is 7.21. The van der Waals surface area contributed by atoms with Gasteiger partial charge >= 0.3 is 0 Å². The Hall–Kier alpha value is -1.00. The van der Waals surface area contributed by atoms with Crippen LogP contribution in [0.3, 0.4) is 0 Å². The van der Waals surface area contributed by atoms with Gasteiger partial charge < -0.3 is 10.1 Å². The van der Waals surface area contributed by atoms with Gasteiger partial charge in [0.15, 0.2) is 0 Å². The molecule has 4 heteroatoms. The maximum Gasteiger partial charge on any atom is 0.261 e. The normalized spacial score (nSPS) is 13.2. The van der Waals surface area contributed by atoms with Crippen LogP contribution in [0.5, 0.6) is 0 Å². The van der Waals surface area contributed by atoms with Crippen molar-refractivity contribution < 1.29 is 13.5 Å². The fourth-order valence-corrected chi connectivity index (χ4v) is 2.15. The molecular weight excluding hydrogens is 260 g/mol. The van der Waals surface area contributed by atoms with Crippen LogP contribution in [0.25, 0.3) is 0 Å². The molecule has 114 valence electrons. The van der Waals surface area contributed by atoms with Crippen LogP contribution in [-0.4, -0.2) is 26.2 Å². The number of hydrogen-bond acceptors (Lipinski definition) is 2. The molecule has 2 nitrogen and oxygen atoms in total. The van der Waals surface area contributed by atoms with Gasteiger partial charge in [-0.2, -0.15) is 0 Å². The van der Waals surface area contributed by atoms with Crippen molar-refractivity contribution in [2.24, 2.45) is 5.92 Å². The smallest absolute Gasteiger partial charge is 0.261 e. The predicted molar refractivity (Wildman–Crippen MR) is 78.2 cm³/mol. The van der Waals surface area contributed by atoms with Crippen molar-refractivity contribution in [2.45, 2.75) is 39.7 Å². The highest BCUT2D eigenvalue weighted by Gasteiger charge is 2.12. The summed E-state index contributed by atoms with van der Waals surface area (Å²) in [6, 6.07) is 8.28. The number of halogens is 2. The number of benzene rings is 1. The van der Waals surface area contributed by atoms with Crippen LogP contribution in [0.4, 0.5) is 8.78 Å². The molecule has 1 unspecified atom stereocenters. The van der Waals surface area contributed by atoms with E-state index < -0.39 is 13.0 Å². The Morgan fingerprint density at radius 3 is 2.25 bits per heavy atom. The van der Waals surface area contributed by atoms with Gasteiger partial charge in [0, 0.05) is 0 Å². The van der Waals surface area contributed by atoms with E-state index in [1.807, 2.05) is 6.92 Å². The summed E-state index contributed by atoms with van der Waals surface area (Å²) in [7, 11) is 0. The first-order chi connectivity index (χ1) is 9.52. The zero-order valence-electron chi connectivity index (χ0n) is 12.5. The monoisotopic (exact) mass is 285 g/mol. The van der Waals surface area contributed by atoms with E-state index in [-0.39, 0.29) is 12.6 Å². The Bertz CT molecular complexity index is 365. The van der Waals surface area contributed by atoms with Gasteiger partial charge in [-0.3, -0.25) is 0 Å². The minimum atomic E-state index is -2.41. The van der Waals surface area contributed by atoms with Crippen molar-refractivity contribution in [3.05, 3.63) is 35.4 Å². The van der Waals surface area contributed by atoms with Crippen LogP contribution in [0.1, 0.15) is 37.9 Å². The largest absolute Gasteiger partial charge is 0.374 e. The number of hydrogen-bond donors (Lipinski definition) is 1. The average Bonchev–Trinajstić information content (AvgIpc) is 2.37. The minimum absolute atomic E-state index is 0.0353. The Kier molecular flexibility index (Phi) is 7.70. The zero-order chi connectivity index (χ0) is 15.0. The lowest BCUT2D eigenvalue weighted by atomic mass is 9.99. The standard InChI is InChI=1S/C16H25F2NO/c1-4-19-15(10-20-11-16(17)18)14-7-5-13(6-8-14)9-12(2)3/h5-8,12,15-16,19H,4,9-11H2,1-3H3. The van der Waals surface area contributed by atoms with E-state index in [4.69, 9.17) is 4.74 Å². The van der Waals surface area contributed by atoms with E-state index in [0.29, 0.717) is 5.92 Å². The molecule has 0 saturated heterocycles. The third-order valence-electron chi connectivity index (χ3n) is 3.00. The van der Waals surface area contributed by atoms with E-state index in [1.165, 1.54) is 5.56 Å². The Balaban J connectivity index is 2.61. The molecule has 0 aliphatic rings. The van der Waals surface area contributed by atoms with E-state index in [9.17, 15) is 8.78 Å². The first-order valence-corrected chi connectivity index (χ1v) is 7.21. The van der Waals surface area contributed by atoms with Gasteiger partial charge in [-0.15, -0.1) is 0 Å².